The highest BCUT2D eigenvalue weighted by atomic mass is 127. The molecule has 126 valence electrons. The van der Waals surface area contributed by atoms with E-state index in [4.69, 9.17) is 4.52 Å². The minimum Gasteiger partial charge on any atom is -0.357 e. The Morgan fingerprint density at radius 3 is 2.74 bits per heavy atom. The van der Waals surface area contributed by atoms with Gasteiger partial charge in [-0.1, -0.05) is 35.0 Å². The van der Waals surface area contributed by atoms with Crippen molar-refractivity contribution in [1.82, 2.24) is 20.8 Å². The Morgan fingerprint density at radius 2 is 2.09 bits per heavy atom. The quantitative estimate of drug-likeness (QED) is 0.420. The van der Waals surface area contributed by atoms with Gasteiger partial charge in [0.05, 0.1) is 6.54 Å². The second-order valence-electron chi connectivity index (χ2n) is 5.10. The number of nitrogens with one attached hydrogen (secondary N) is 2. The van der Waals surface area contributed by atoms with Gasteiger partial charge in [0.25, 0.3) is 0 Å². The number of guanidine groups is 1. The maximum atomic E-state index is 5.09. The van der Waals surface area contributed by atoms with E-state index in [1.165, 1.54) is 11.1 Å². The van der Waals surface area contributed by atoms with Gasteiger partial charge in [-0.15, -0.1) is 24.0 Å². The van der Waals surface area contributed by atoms with Gasteiger partial charge < -0.3 is 15.2 Å². The van der Waals surface area contributed by atoms with Crippen LogP contribution in [0.15, 0.2) is 33.8 Å². The highest BCUT2D eigenvalue weighted by Crippen LogP contribution is 2.05. The standard InChI is InChI=1S/C16H23N5O.HI/c1-4-17-16(18-9-8-15-20-13(3)21-22-15)19-11-14-7-5-6-12(2)10-14;/h5-7,10H,4,8-9,11H2,1-3H3,(H2,17,18,19);1H. The zero-order valence-electron chi connectivity index (χ0n) is 13.8. The lowest BCUT2D eigenvalue weighted by Gasteiger charge is -2.10. The summed E-state index contributed by atoms with van der Waals surface area (Å²) in [6.45, 7) is 8.11. The molecule has 2 rings (SSSR count). The summed E-state index contributed by atoms with van der Waals surface area (Å²) in [6, 6.07) is 8.37. The Hall–Kier alpha value is -1.64. The Bertz CT molecular complexity index is 626. The lowest BCUT2D eigenvalue weighted by Crippen LogP contribution is -2.38. The van der Waals surface area contributed by atoms with Crippen molar-refractivity contribution in [3.8, 4) is 0 Å². The van der Waals surface area contributed by atoms with E-state index < -0.39 is 0 Å². The second kappa shape index (κ2) is 10.2. The first-order valence-electron chi connectivity index (χ1n) is 7.54. The molecule has 0 radical (unpaired) electrons. The molecular weight excluding hydrogens is 405 g/mol. The SMILES string of the molecule is CCNC(=NCc1cccc(C)c1)NCCc1nc(C)no1.I. The number of rotatable bonds is 6. The molecule has 6 nitrogen and oxygen atoms in total. The number of nitrogens with zero attached hydrogens (tertiary/aromatic N) is 3. The maximum Gasteiger partial charge on any atom is 0.228 e. The van der Waals surface area contributed by atoms with Crippen LogP contribution in [0.3, 0.4) is 0 Å². The summed E-state index contributed by atoms with van der Waals surface area (Å²) < 4.78 is 5.09. The minimum atomic E-state index is 0. The third-order valence-corrected chi connectivity index (χ3v) is 3.05. The number of hydrogen-bond acceptors (Lipinski definition) is 4. The number of halogens is 1. The van der Waals surface area contributed by atoms with Gasteiger partial charge >= 0.3 is 0 Å². The molecule has 7 heteroatoms. The third kappa shape index (κ3) is 6.98. The molecular formula is C16H24IN5O. The molecule has 0 aliphatic rings. The van der Waals surface area contributed by atoms with Crippen molar-refractivity contribution in [2.75, 3.05) is 13.1 Å². The van der Waals surface area contributed by atoms with E-state index >= 15 is 0 Å². The number of aliphatic imine (C=N–C) groups is 1. The van der Waals surface area contributed by atoms with Gasteiger partial charge in [-0.2, -0.15) is 4.98 Å². The van der Waals surface area contributed by atoms with Crippen LogP contribution in [-0.4, -0.2) is 29.2 Å². The maximum absolute atomic E-state index is 5.09. The van der Waals surface area contributed by atoms with Crippen molar-refractivity contribution in [1.29, 1.82) is 0 Å². The summed E-state index contributed by atoms with van der Waals surface area (Å²) in [7, 11) is 0. The fraction of sp³-hybridized carbons (Fsp3) is 0.438. The summed E-state index contributed by atoms with van der Waals surface area (Å²) in [6.07, 6.45) is 0.676. The predicted octanol–water partition coefficient (Wildman–Crippen LogP) is 2.60. The number of aromatic nitrogens is 2. The lowest BCUT2D eigenvalue weighted by atomic mass is 10.1. The molecule has 0 aliphatic heterocycles. The zero-order chi connectivity index (χ0) is 15.8. The molecule has 0 spiro atoms. The molecule has 1 aromatic carbocycles. The van der Waals surface area contributed by atoms with E-state index in [0.29, 0.717) is 31.2 Å². The van der Waals surface area contributed by atoms with Crippen molar-refractivity contribution in [3.05, 3.63) is 47.1 Å². The van der Waals surface area contributed by atoms with E-state index in [0.717, 1.165) is 12.5 Å². The highest BCUT2D eigenvalue weighted by Gasteiger charge is 2.03. The number of aryl methyl sites for hydroxylation is 2. The average molecular weight is 429 g/mol. The van der Waals surface area contributed by atoms with Crippen molar-refractivity contribution in [2.24, 2.45) is 4.99 Å². The molecule has 0 fully saturated rings. The second-order valence-corrected chi connectivity index (χ2v) is 5.10. The van der Waals surface area contributed by atoms with E-state index in [1.54, 1.807) is 0 Å². The highest BCUT2D eigenvalue weighted by molar-refractivity contribution is 14.0. The summed E-state index contributed by atoms with van der Waals surface area (Å²) in [5, 5.41) is 10.3. The molecule has 0 aliphatic carbocycles. The summed E-state index contributed by atoms with van der Waals surface area (Å²) in [5.74, 6) is 2.09. The van der Waals surface area contributed by atoms with Crippen LogP contribution in [-0.2, 0) is 13.0 Å². The molecule has 0 atom stereocenters. The molecule has 2 N–H and O–H groups in total. The first-order valence-corrected chi connectivity index (χ1v) is 7.54. The molecule has 0 saturated heterocycles. The van der Waals surface area contributed by atoms with E-state index in [9.17, 15) is 0 Å². The van der Waals surface area contributed by atoms with Crippen molar-refractivity contribution in [2.45, 2.75) is 33.7 Å². The van der Waals surface area contributed by atoms with Crippen molar-refractivity contribution < 1.29 is 4.52 Å². The van der Waals surface area contributed by atoms with Gasteiger partial charge in [0.2, 0.25) is 5.89 Å². The number of benzene rings is 1. The van der Waals surface area contributed by atoms with Gasteiger partial charge in [-0.25, -0.2) is 4.99 Å². The van der Waals surface area contributed by atoms with Crippen LogP contribution >= 0.6 is 24.0 Å². The van der Waals surface area contributed by atoms with Gasteiger partial charge in [0.15, 0.2) is 11.8 Å². The fourth-order valence-corrected chi connectivity index (χ4v) is 2.05. The molecule has 1 aromatic heterocycles. The van der Waals surface area contributed by atoms with Crippen LogP contribution in [0.1, 0.15) is 29.8 Å². The first-order chi connectivity index (χ1) is 10.7. The number of hydrogen-bond donors (Lipinski definition) is 2. The molecule has 23 heavy (non-hydrogen) atoms. The molecule has 2 aromatic rings. The summed E-state index contributed by atoms with van der Waals surface area (Å²) >= 11 is 0. The normalized spacial score (nSPS) is 11.0. The Morgan fingerprint density at radius 1 is 1.26 bits per heavy atom. The molecule has 0 unspecified atom stereocenters. The van der Waals surface area contributed by atoms with Crippen LogP contribution in [0, 0.1) is 13.8 Å². The van der Waals surface area contributed by atoms with E-state index in [-0.39, 0.29) is 24.0 Å². The third-order valence-electron chi connectivity index (χ3n) is 3.05. The van der Waals surface area contributed by atoms with E-state index in [1.807, 2.05) is 13.8 Å². The van der Waals surface area contributed by atoms with Crippen LogP contribution in [0.2, 0.25) is 0 Å². The lowest BCUT2D eigenvalue weighted by molar-refractivity contribution is 0.374. The zero-order valence-corrected chi connectivity index (χ0v) is 16.1. The van der Waals surface area contributed by atoms with Gasteiger partial charge in [-0.05, 0) is 26.3 Å². The molecule has 0 saturated carbocycles. The van der Waals surface area contributed by atoms with Gasteiger partial charge in [0.1, 0.15) is 0 Å². The van der Waals surface area contributed by atoms with Crippen LogP contribution in [0.5, 0.6) is 0 Å². The summed E-state index contributed by atoms with van der Waals surface area (Å²) in [5.41, 5.74) is 2.45. The molecule has 1 heterocycles. The van der Waals surface area contributed by atoms with Gasteiger partial charge in [0, 0.05) is 19.5 Å². The van der Waals surface area contributed by atoms with Crippen LogP contribution in [0.4, 0.5) is 0 Å². The topological polar surface area (TPSA) is 75.3 Å². The Balaban J connectivity index is 0.00000264. The smallest absolute Gasteiger partial charge is 0.228 e. The van der Waals surface area contributed by atoms with Crippen LogP contribution in [0.25, 0.3) is 0 Å². The predicted molar refractivity (Wildman–Crippen MR) is 102 cm³/mol. The Kier molecular flexibility index (Phi) is 8.60. The van der Waals surface area contributed by atoms with Crippen LogP contribution < -0.4 is 10.6 Å². The summed E-state index contributed by atoms with van der Waals surface area (Å²) in [4.78, 5) is 8.77. The fourth-order valence-electron chi connectivity index (χ4n) is 2.05. The largest absolute Gasteiger partial charge is 0.357 e. The minimum absolute atomic E-state index is 0. The monoisotopic (exact) mass is 429 g/mol. The first kappa shape index (κ1) is 19.4. The van der Waals surface area contributed by atoms with Crippen molar-refractivity contribution in [3.63, 3.8) is 0 Å². The van der Waals surface area contributed by atoms with E-state index in [2.05, 4.69) is 57.0 Å². The van der Waals surface area contributed by atoms with Crippen molar-refractivity contribution >= 4 is 29.9 Å². The van der Waals surface area contributed by atoms with Gasteiger partial charge in [-0.3, -0.25) is 0 Å². The molecule has 0 amide bonds. The Labute approximate surface area is 154 Å². The molecule has 0 bridgehead atoms. The average Bonchev–Trinajstić information content (AvgIpc) is 2.90.